The second kappa shape index (κ2) is 5.30. The zero-order chi connectivity index (χ0) is 15.2. The zero-order valence-corrected chi connectivity index (χ0v) is 13.6. The fourth-order valence-corrected chi connectivity index (χ4v) is 6.52. The number of sulfonamides is 1. The number of thioether (sulfide) groups is 1. The second-order valence-corrected chi connectivity index (χ2v) is 8.77. The molecule has 0 unspecified atom stereocenters. The zero-order valence-electron chi connectivity index (χ0n) is 12.0. The van der Waals surface area contributed by atoms with Crippen molar-refractivity contribution in [2.24, 2.45) is 0 Å². The number of nitrogens with one attached hydrogen (secondary N) is 1. The molecule has 0 radical (unpaired) electrons. The molecule has 7 heteroatoms. The van der Waals surface area contributed by atoms with Gasteiger partial charge in [0.1, 0.15) is 0 Å². The maximum absolute atomic E-state index is 12.8. The quantitative estimate of drug-likeness (QED) is 0.920. The Morgan fingerprint density at radius 2 is 2.19 bits per heavy atom. The molecule has 2 atom stereocenters. The summed E-state index contributed by atoms with van der Waals surface area (Å²) in [5, 5.41) is 3.12. The SMILES string of the molecule is CC(=O)Nc1ccc(S(=O)(=O)N2C[C@H]3C[C@H]2CS3)c(C)c1. The summed E-state index contributed by atoms with van der Waals surface area (Å²) in [5.41, 5.74) is 1.29. The van der Waals surface area contributed by atoms with Gasteiger partial charge in [0, 0.05) is 36.2 Å². The van der Waals surface area contributed by atoms with Gasteiger partial charge in [0.2, 0.25) is 15.9 Å². The van der Waals surface area contributed by atoms with E-state index in [1.807, 2.05) is 11.8 Å². The summed E-state index contributed by atoms with van der Waals surface area (Å²) in [6.45, 7) is 3.81. The molecule has 3 rings (SSSR count). The lowest BCUT2D eigenvalue weighted by molar-refractivity contribution is -0.114. The van der Waals surface area contributed by atoms with E-state index >= 15 is 0 Å². The van der Waals surface area contributed by atoms with Crippen LogP contribution in [-0.4, -0.2) is 42.2 Å². The predicted molar refractivity (Wildman–Crippen MR) is 84.0 cm³/mol. The lowest BCUT2D eigenvalue weighted by atomic mass is 10.2. The number of hydrogen-bond acceptors (Lipinski definition) is 4. The van der Waals surface area contributed by atoms with E-state index in [1.165, 1.54) is 6.92 Å². The summed E-state index contributed by atoms with van der Waals surface area (Å²) in [6, 6.07) is 5.08. The van der Waals surface area contributed by atoms with Crippen molar-refractivity contribution >= 4 is 33.4 Å². The molecular weight excluding hydrogens is 308 g/mol. The summed E-state index contributed by atoms with van der Waals surface area (Å²) in [5.74, 6) is 0.728. The monoisotopic (exact) mass is 326 g/mol. The highest BCUT2D eigenvalue weighted by molar-refractivity contribution is 8.00. The van der Waals surface area contributed by atoms with Crippen molar-refractivity contribution in [1.29, 1.82) is 0 Å². The molecule has 0 saturated carbocycles. The van der Waals surface area contributed by atoms with E-state index in [1.54, 1.807) is 29.4 Å². The molecule has 1 aromatic carbocycles. The van der Waals surface area contributed by atoms with Crippen LogP contribution in [0.3, 0.4) is 0 Å². The molecule has 1 N–H and O–H groups in total. The molecule has 1 amide bonds. The van der Waals surface area contributed by atoms with Gasteiger partial charge in [-0.3, -0.25) is 4.79 Å². The maximum atomic E-state index is 12.8. The van der Waals surface area contributed by atoms with E-state index in [9.17, 15) is 13.2 Å². The lowest BCUT2D eigenvalue weighted by Gasteiger charge is -2.26. The minimum Gasteiger partial charge on any atom is -0.326 e. The molecule has 2 aliphatic rings. The molecule has 2 aliphatic heterocycles. The van der Waals surface area contributed by atoms with Crippen LogP contribution in [-0.2, 0) is 14.8 Å². The van der Waals surface area contributed by atoms with Crippen LogP contribution < -0.4 is 5.32 Å². The van der Waals surface area contributed by atoms with Crippen LogP contribution in [0.1, 0.15) is 18.9 Å². The number of fused-ring (bicyclic) bond motifs is 2. The van der Waals surface area contributed by atoms with Gasteiger partial charge in [-0.05, 0) is 37.1 Å². The van der Waals surface area contributed by atoms with Crippen LogP contribution in [0.15, 0.2) is 23.1 Å². The number of carbonyl (C=O) groups excluding carboxylic acids is 1. The number of carbonyl (C=O) groups is 1. The topological polar surface area (TPSA) is 66.5 Å². The maximum Gasteiger partial charge on any atom is 0.243 e. The average Bonchev–Trinajstić information content (AvgIpc) is 3.00. The van der Waals surface area contributed by atoms with Gasteiger partial charge < -0.3 is 5.32 Å². The average molecular weight is 326 g/mol. The van der Waals surface area contributed by atoms with Gasteiger partial charge in [-0.2, -0.15) is 16.1 Å². The first kappa shape index (κ1) is 14.9. The van der Waals surface area contributed by atoms with Crippen molar-refractivity contribution < 1.29 is 13.2 Å². The number of nitrogens with zero attached hydrogens (tertiary/aromatic N) is 1. The fourth-order valence-electron chi connectivity index (χ4n) is 3.00. The van der Waals surface area contributed by atoms with Crippen LogP contribution in [0, 0.1) is 6.92 Å². The fraction of sp³-hybridized carbons (Fsp3) is 0.500. The normalized spacial score (nSPS) is 25.2. The van der Waals surface area contributed by atoms with Crippen molar-refractivity contribution in [3.63, 3.8) is 0 Å². The van der Waals surface area contributed by atoms with Crippen LogP contribution in [0.2, 0.25) is 0 Å². The molecule has 2 bridgehead atoms. The summed E-state index contributed by atoms with van der Waals surface area (Å²) >= 11 is 1.87. The third-order valence-corrected chi connectivity index (χ3v) is 7.40. The minimum atomic E-state index is -3.44. The van der Waals surface area contributed by atoms with Gasteiger partial charge in [-0.1, -0.05) is 0 Å². The first-order chi connectivity index (χ1) is 9.88. The first-order valence-electron chi connectivity index (χ1n) is 6.89. The smallest absolute Gasteiger partial charge is 0.243 e. The Balaban J connectivity index is 1.90. The van der Waals surface area contributed by atoms with E-state index < -0.39 is 10.0 Å². The number of rotatable bonds is 3. The molecule has 114 valence electrons. The van der Waals surface area contributed by atoms with Gasteiger partial charge in [-0.15, -0.1) is 0 Å². The van der Waals surface area contributed by atoms with Crippen LogP contribution >= 0.6 is 11.8 Å². The number of amides is 1. The third kappa shape index (κ3) is 2.69. The van der Waals surface area contributed by atoms with Crippen LogP contribution in [0.25, 0.3) is 0 Å². The van der Waals surface area contributed by atoms with Gasteiger partial charge in [0.05, 0.1) is 4.90 Å². The van der Waals surface area contributed by atoms with E-state index in [0.29, 0.717) is 27.9 Å². The van der Waals surface area contributed by atoms with Crippen molar-refractivity contribution in [3.05, 3.63) is 23.8 Å². The molecule has 5 nitrogen and oxygen atoms in total. The third-order valence-electron chi connectivity index (χ3n) is 3.93. The van der Waals surface area contributed by atoms with Crippen LogP contribution in [0.5, 0.6) is 0 Å². The highest BCUT2D eigenvalue weighted by atomic mass is 32.2. The summed E-state index contributed by atoms with van der Waals surface area (Å²) in [6.07, 6.45) is 0.965. The molecule has 1 aromatic rings. The summed E-state index contributed by atoms with van der Waals surface area (Å²) < 4.78 is 27.3. The lowest BCUT2D eigenvalue weighted by Crippen LogP contribution is -2.39. The largest absolute Gasteiger partial charge is 0.326 e. The highest BCUT2D eigenvalue weighted by Gasteiger charge is 2.45. The molecule has 21 heavy (non-hydrogen) atoms. The number of benzene rings is 1. The Bertz CT molecular complexity index is 687. The number of hydrogen-bond donors (Lipinski definition) is 1. The van der Waals surface area contributed by atoms with Crippen molar-refractivity contribution in [2.45, 2.75) is 36.5 Å². The Kier molecular flexibility index (Phi) is 3.75. The van der Waals surface area contributed by atoms with Gasteiger partial charge in [0.25, 0.3) is 0 Å². The molecule has 2 fully saturated rings. The van der Waals surface area contributed by atoms with Gasteiger partial charge in [0.15, 0.2) is 0 Å². The molecule has 0 aliphatic carbocycles. The van der Waals surface area contributed by atoms with Crippen molar-refractivity contribution in [2.75, 3.05) is 17.6 Å². The molecule has 2 saturated heterocycles. The molecule has 2 heterocycles. The number of anilines is 1. The number of aryl methyl sites for hydroxylation is 1. The second-order valence-electron chi connectivity index (χ2n) is 5.58. The minimum absolute atomic E-state index is 0.138. The van der Waals surface area contributed by atoms with Crippen molar-refractivity contribution in [3.8, 4) is 0 Å². The molecular formula is C14H18N2O3S2. The Morgan fingerprint density at radius 3 is 2.71 bits per heavy atom. The van der Waals surface area contributed by atoms with E-state index in [0.717, 1.165) is 12.2 Å². The Hall–Kier alpha value is -1.05. The van der Waals surface area contributed by atoms with Crippen LogP contribution in [0.4, 0.5) is 5.69 Å². The van der Waals surface area contributed by atoms with E-state index in [2.05, 4.69) is 5.32 Å². The standard InChI is InChI=1S/C14H18N2O3S2/c1-9-5-11(15-10(2)17)3-4-14(9)21(18,19)16-7-13-6-12(16)8-20-13/h3-5,12-13H,6-8H2,1-2H3,(H,15,17)/t12-,13+/m0/s1. The molecule has 0 aromatic heterocycles. The van der Waals surface area contributed by atoms with Gasteiger partial charge >= 0.3 is 0 Å². The summed E-state index contributed by atoms with van der Waals surface area (Å²) in [7, 11) is -3.44. The predicted octanol–water partition coefficient (Wildman–Crippen LogP) is 1.83. The Morgan fingerprint density at radius 1 is 1.43 bits per heavy atom. The van der Waals surface area contributed by atoms with Gasteiger partial charge in [-0.25, -0.2) is 8.42 Å². The molecule has 0 spiro atoms. The Labute approximate surface area is 129 Å². The van der Waals surface area contributed by atoms with E-state index in [-0.39, 0.29) is 11.9 Å². The summed E-state index contributed by atoms with van der Waals surface area (Å²) in [4.78, 5) is 11.4. The highest BCUT2D eigenvalue weighted by Crippen LogP contribution is 2.40. The van der Waals surface area contributed by atoms with E-state index in [4.69, 9.17) is 0 Å². The first-order valence-corrected chi connectivity index (χ1v) is 9.38. The van der Waals surface area contributed by atoms with Crippen molar-refractivity contribution in [1.82, 2.24) is 4.31 Å².